The van der Waals surface area contributed by atoms with Gasteiger partial charge in [-0.1, -0.05) is 24.3 Å². The van der Waals surface area contributed by atoms with Crippen LogP contribution in [0.2, 0.25) is 0 Å². The Morgan fingerprint density at radius 2 is 1.73 bits per heavy atom. The highest BCUT2D eigenvalue weighted by molar-refractivity contribution is 7.92. The number of fused-ring (bicyclic) bond motifs is 1. The number of anilines is 1. The molecule has 0 bridgehead atoms. The first-order chi connectivity index (χ1) is 10.5. The summed E-state index contributed by atoms with van der Waals surface area (Å²) in [5.41, 5.74) is 3.28. The lowest BCUT2D eigenvalue weighted by Gasteiger charge is -2.13. The quantitative estimate of drug-likeness (QED) is 0.803. The van der Waals surface area contributed by atoms with Crippen LogP contribution in [0.5, 0.6) is 0 Å². The van der Waals surface area contributed by atoms with Crippen LogP contribution >= 0.6 is 0 Å². The first-order valence-electron chi connectivity index (χ1n) is 6.92. The van der Waals surface area contributed by atoms with E-state index >= 15 is 0 Å². The van der Waals surface area contributed by atoms with Gasteiger partial charge in [0.15, 0.2) is 0 Å². The molecule has 0 saturated carbocycles. The normalized spacial score (nSPS) is 11.5. The van der Waals surface area contributed by atoms with E-state index in [1.54, 1.807) is 36.5 Å². The molecule has 1 aromatic heterocycles. The van der Waals surface area contributed by atoms with E-state index in [0.717, 1.165) is 16.5 Å². The molecule has 4 nitrogen and oxygen atoms in total. The smallest absolute Gasteiger partial charge is 0.261 e. The molecule has 0 aliphatic heterocycles. The minimum atomic E-state index is -3.62. The first-order valence-corrected chi connectivity index (χ1v) is 8.40. The second-order valence-corrected chi connectivity index (χ2v) is 6.87. The maximum absolute atomic E-state index is 12.5. The lowest BCUT2D eigenvalue weighted by Crippen LogP contribution is -2.13. The van der Waals surface area contributed by atoms with Crippen LogP contribution in [0.15, 0.2) is 59.6 Å². The van der Waals surface area contributed by atoms with Crippen molar-refractivity contribution < 1.29 is 8.42 Å². The van der Waals surface area contributed by atoms with Gasteiger partial charge in [0.05, 0.1) is 16.1 Å². The summed E-state index contributed by atoms with van der Waals surface area (Å²) in [5, 5.41) is 0.952. The molecule has 5 heteroatoms. The maximum atomic E-state index is 12.5. The lowest BCUT2D eigenvalue weighted by atomic mass is 10.0. The molecule has 22 heavy (non-hydrogen) atoms. The van der Waals surface area contributed by atoms with Crippen molar-refractivity contribution in [2.75, 3.05) is 4.72 Å². The van der Waals surface area contributed by atoms with Crippen LogP contribution in [0.4, 0.5) is 5.69 Å². The van der Waals surface area contributed by atoms with Gasteiger partial charge in [-0.25, -0.2) is 8.42 Å². The van der Waals surface area contributed by atoms with Crippen molar-refractivity contribution in [1.29, 1.82) is 0 Å². The minimum Gasteiger partial charge on any atom is -0.277 e. The molecule has 0 saturated heterocycles. The van der Waals surface area contributed by atoms with Crippen LogP contribution in [0, 0.1) is 13.8 Å². The lowest BCUT2D eigenvalue weighted by molar-refractivity contribution is 0.601. The Morgan fingerprint density at radius 3 is 2.45 bits per heavy atom. The van der Waals surface area contributed by atoms with Gasteiger partial charge in [0.25, 0.3) is 10.0 Å². The van der Waals surface area contributed by atoms with Crippen LogP contribution in [0.3, 0.4) is 0 Å². The molecular formula is C17H16N2O2S. The van der Waals surface area contributed by atoms with Crippen LogP contribution < -0.4 is 4.72 Å². The molecule has 3 aromatic rings. The van der Waals surface area contributed by atoms with E-state index in [0.29, 0.717) is 11.2 Å². The molecule has 0 radical (unpaired) electrons. The van der Waals surface area contributed by atoms with E-state index in [1.807, 2.05) is 32.0 Å². The number of benzene rings is 2. The Hall–Kier alpha value is -2.40. The van der Waals surface area contributed by atoms with Crippen molar-refractivity contribution in [2.24, 2.45) is 0 Å². The zero-order valence-corrected chi connectivity index (χ0v) is 13.2. The Bertz CT molecular complexity index is 936. The van der Waals surface area contributed by atoms with E-state index in [4.69, 9.17) is 0 Å². The van der Waals surface area contributed by atoms with Crippen molar-refractivity contribution in [3.63, 3.8) is 0 Å². The third-order valence-electron chi connectivity index (χ3n) is 3.72. The molecule has 0 atom stereocenters. The number of hydrogen-bond acceptors (Lipinski definition) is 3. The highest BCUT2D eigenvalue weighted by Crippen LogP contribution is 2.29. The van der Waals surface area contributed by atoms with Gasteiger partial charge in [-0.05, 0) is 49.2 Å². The molecule has 0 unspecified atom stereocenters. The summed E-state index contributed by atoms with van der Waals surface area (Å²) in [6, 6.07) is 13.9. The van der Waals surface area contributed by atoms with E-state index in [9.17, 15) is 8.42 Å². The number of hydrogen-bond donors (Lipinski definition) is 1. The van der Waals surface area contributed by atoms with Crippen LogP contribution in [-0.2, 0) is 10.0 Å². The third-order valence-corrected chi connectivity index (χ3v) is 5.10. The summed E-state index contributed by atoms with van der Waals surface area (Å²) in [5.74, 6) is 0. The number of rotatable bonds is 3. The molecule has 112 valence electrons. The molecule has 2 aromatic carbocycles. The maximum Gasteiger partial charge on any atom is 0.261 e. The molecule has 0 aliphatic carbocycles. The van der Waals surface area contributed by atoms with Gasteiger partial charge < -0.3 is 0 Å². The molecular weight excluding hydrogens is 296 g/mol. The summed E-state index contributed by atoms with van der Waals surface area (Å²) >= 11 is 0. The van der Waals surface area contributed by atoms with Crippen LogP contribution in [0.25, 0.3) is 10.9 Å². The predicted octanol–water partition coefficient (Wildman–Crippen LogP) is 3.65. The van der Waals surface area contributed by atoms with Gasteiger partial charge >= 0.3 is 0 Å². The molecule has 0 aliphatic rings. The Morgan fingerprint density at radius 1 is 1.00 bits per heavy atom. The fraction of sp³-hybridized carbons (Fsp3) is 0.118. The molecule has 1 N–H and O–H groups in total. The zero-order chi connectivity index (χ0) is 15.7. The van der Waals surface area contributed by atoms with Gasteiger partial charge in [-0.3, -0.25) is 9.71 Å². The van der Waals surface area contributed by atoms with Gasteiger partial charge in [0.1, 0.15) is 0 Å². The number of nitrogens with one attached hydrogen (secondary N) is 1. The second-order valence-electron chi connectivity index (χ2n) is 5.18. The molecule has 3 rings (SSSR count). The van der Waals surface area contributed by atoms with Crippen molar-refractivity contribution in [2.45, 2.75) is 18.7 Å². The standard InChI is InChI=1S/C17H16N2O2S/c1-12-11-16(17-15(13(12)2)9-6-10-18-17)19-22(20,21)14-7-4-3-5-8-14/h3-11,19H,1-2H3. The predicted molar refractivity (Wildman–Crippen MR) is 88.5 cm³/mol. The van der Waals surface area contributed by atoms with Crippen LogP contribution in [-0.4, -0.2) is 13.4 Å². The van der Waals surface area contributed by atoms with Gasteiger partial charge in [0.2, 0.25) is 0 Å². The van der Waals surface area contributed by atoms with Gasteiger partial charge in [-0.15, -0.1) is 0 Å². The van der Waals surface area contributed by atoms with Gasteiger partial charge in [-0.2, -0.15) is 0 Å². The third kappa shape index (κ3) is 2.55. The van der Waals surface area contributed by atoms with Crippen molar-refractivity contribution in [3.05, 3.63) is 65.9 Å². The number of pyridine rings is 1. The molecule has 0 amide bonds. The first kappa shape index (κ1) is 14.5. The van der Waals surface area contributed by atoms with E-state index in [2.05, 4.69) is 9.71 Å². The number of nitrogens with zero attached hydrogens (tertiary/aromatic N) is 1. The summed E-state index contributed by atoms with van der Waals surface area (Å²) in [7, 11) is -3.62. The molecule has 1 heterocycles. The summed E-state index contributed by atoms with van der Waals surface area (Å²) in [6.45, 7) is 3.97. The van der Waals surface area contributed by atoms with E-state index in [-0.39, 0.29) is 4.90 Å². The summed E-state index contributed by atoms with van der Waals surface area (Å²) in [4.78, 5) is 4.57. The summed E-state index contributed by atoms with van der Waals surface area (Å²) < 4.78 is 27.7. The molecule has 0 spiro atoms. The van der Waals surface area contributed by atoms with Crippen molar-refractivity contribution >= 4 is 26.6 Å². The highest BCUT2D eigenvalue weighted by atomic mass is 32.2. The van der Waals surface area contributed by atoms with E-state index in [1.165, 1.54) is 0 Å². The Balaban J connectivity index is 2.14. The van der Waals surface area contributed by atoms with Crippen molar-refractivity contribution in [1.82, 2.24) is 4.98 Å². The summed E-state index contributed by atoms with van der Waals surface area (Å²) in [6.07, 6.45) is 1.66. The average molecular weight is 312 g/mol. The molecule has 0 fully saturated rings. The van der Waals surface area contributed by atoms with Crippen molar-refractivity contribution in [3.8, 4) is 0 Å². The minimum absolute atomic E-state index is 0.234. The second kappa shape index (κ2) is 5.42. The Kier molecular flexibility index (Phi) is 3.58. The fourth-order valence-corrected chi connectivity index (χ4v) is 3.49. The monoisotopic (exact) mass is 312 g/mol. The topological polar surface area (TPSA) is 59.1 Å². The van der Waals surface area contributed by atoms with Gasteiger partial charge in [0, 0.05) is 11.6 Å². The zero-order valence-electron chi connectivity index (χ0n) is 12.4. The number of aromatic nitrogens is 1. The fourth-order valence-electron chi connectivity index (χ4n) is 2.41. The van der Waals surface area contributed by atoms with E-state index < -0.39 is 10.0 Å². The number of aryl methyl sites for hydroxylation is 2. The van der Waals surface area contributed by atoms with Crippen LogP contribution in [0.1, 0.15) is 11.1 Å². The highest BCUT2D eigenvalue weighted by Gasteiger charge is 2.16. The average Bonchev–Trinajstić information content (AvgIpc) is 2.53. The largest absolute Gasteiger partial charge is 0.277 e. The SMILES string of the molecule is Cc1cc(NS(=O)(=O)c2ccccc2)c2ncccc2c1C. The Labute approximate surface area is 129 Å². The number of sulfonamides is 1.